The Morgan fingerprint density at radius 2 is 2.62 bits per heavy atom. The Balaban J connectivity index is 0. The van der Waals surface area contributed by atoms with Crippen LogP contribution in [-0.4, -0.2) is 17.7 Å². The molecule has 0 heterocycles. The molecule has 0 aliphatic rings. The Morgan fingerprint density at radius 3 is 2.62 bits per heavy atom. The molecule has 1 N–H and O–H groups in total. The average molecular weight is 129 g/mol. The van der Waals surface area contributed by atoms with Crippen LogP contribution in [0.4, 0.5) is 0 Å². The van der Waals surface area contributed by atoms with Gasteiger partial charge in [0.25, 0.3) is 0 Å². The minimum atomic E-state index is -2.67. The number of aliphatic carboxylic acids is 1. The summed E-state index contributed by atoms with van der Waals surface area (Å²) in [5, 5.41) is 18.2. The van der Waals surface area contributed by atoms with Gasteiger partial charge in [-0.05, 0) is 0 Å². The monoisotopic (exact) mass is 129 g/mol. The molecule has 0 aromatic heterocycles. The molecule has 0 saturated heterocycles. The second-order valence-electron chi connectivity index (χ2n) is 1.05. The molecular formula is C4H7NaO3. The topological polar surface area (TPSA) is 60.4 Å². The number of carbonyl (C=O) groups excluding carboxylic acids is 1. The van der Waals surface area contributed by atoms with Gasteiger partial charge in [-0.15, -0.1) is 0 Å². The molecule has 0 radical (unpaired) electrons. The van der Waals surface area contributed by atoms with Crippen molar-refractivity contribution in [2.75, 3.05) is 6.61 Å². The van der Waals surface area contributed by atoms with Crippen molar-refractivity contribution in [3.63, 3.8) is 0 Å². The molecule has 0 aliphatic heterocycles. The summed E-state index contributed by atoms with van der Waals surface area (Å²) in [6.45, 7) is -3.59. The van der Waals surface area contributed by atoms with Gasteiger partial charge in [-0.2, -0.15) is 0 Å². The molecule has 0 spiro atoms. The van der Waals surface area contributed by atoms with Crippen LogP contribution in [-0.2, 0) is 4.79 Å². The number of aliphatic hydroxyl groups is 1. The number of aliphatic hydroxyl groups excluding tert-OH is 1. The van der Waals surface area contributed by atoms with Crippen LogP contribution in [0.25, 0.3) is 0 Å². The van der Waals surface area contributed by atoms with Crippen molar-refractivity contribution < 1.29 is 48.7 Å². The van der Waals surface area contributed by atoms with Crippen molar-refractivity contribution >= 4 is 5.97 Å². The number of hydrogen-bond donors (Lipinski definition) is 1. The van der Waals surface area contributed by atoms with Crippen LogP contribution in [0, 0.1) is 5.92 Å². The fourth-order valence-corrected chi connectivity index (χ4v) is 0.0745. The fraction of sp³-hybridized carbons (Fsp3) is 0.750. The Morgan fingerprint density at radius 1 is 2.12 bits per heavy atom. The first kappa shape index (κ1) is 5.23. The van der Waals surface area contributed by atoms with Crippen molar-refractivity contribution in [2.45, 2.75) is 6.85 Å². The number of rotatable bonds is 2. The quantitative estimate of drug-likeness (QED) is 0.381. The van der Waals surface area contributed by atoms with Gasteiger partial charge in [-0.25, -0.2) is 0 Å². The molecule has 0 saturated carbocycles. The molecule has 0 bridgehead atoms. The summed E-state index contributed by atoms with van der Waals surface area (Å²) in [4.78, 5) is 9.95. The SMILES string of the molecule is [2H]C([2H])([2H])[C@@H](CO)C(=O)[O-].[Na+]. The van der Waals surface area contributed by atoms with E-state index in [2.05, 4.69) is 0 Å². The minimum absolute atomic E-state index is 0. The third kappa shape index (κ3) is 4.59. The van der Waals surface area contributed by atoms with Crippen LogP contribution in [0.2, 0.25) is 0 Å². The van der Waals surface area contributed by atoms with Crippen LogP contribution < -0.4 is 34.7 Å². The van der Waals surface area contributed by atoms with Crippen molar-refractivity contribution in [3.05, 3.63) is 0 Å². The van der Waals surface area contributed by atoms with Gasteiger partial charge in [0.05, 0.1) is 6.61 Å². The van der Waals surface area contributed by atoms with Gasteiger partial charge >= 0.3 is 29.6 Å². The van der Waals surface area contributed by atoms with Gasteiger partial charge in [-0.1, -0.05) is 6.85 Å². The number of carboxylic acid groups (broad SMARTS) is 1. The van der Waals surface area contributed by atoms with Gasteiger partial charge in [0.1, 0.15) is 0 Å². The van der Waals surface area contributed by atoms with E-state index in [1.807, 2.05) is 0 Å². The molecule has 1 atom stereocenters. The zero-order valence-electron chi connectivity index (χ0n) is 7.55. The number of carbonyl (C=O) groups is 1. The van der Waals surface area contributed by atoms with Crippen molar-refractivity contribution in [2.24, 2.45) is 5.92 Å². The first-order valence-electron chi connectivity index (χ1n) is 3.21. The van der Waals surface area contributed by atoms with Gasteiger partial charge in [0.2, 0.25) is 0 Å². The van der Waals surface area contributed by atoms with E-state index >= 15 is 0 Å². The second kappa shape index (κ2) is 5.56. The fourth-order valence-electron chi connectivity index (χ4n) is 0.0745. The van der Waals surface area contributed by atoms with Gasteiger partial charge in [0.15, 0.2) is 0 Å². The molecule has 4 heteroatoms. The van der Waals surface area contributed by atoms with Gasteiger partial charge < -0.3 is 15.0 Å². The molecule has 0 aromatic carbocycles. The molecule has 0 amide bonds. The van der Waals surface area contributed by atoms with E-state index in [1.165, 1.54) is 0 Å². The summed E-state index contributed by atoms with van der Waals surface area (Å²) >= 11 is 0. The molecule has 3 nitrogen and oxygen atoms in total. The second-order valence-corrected chi connectivity index (χ2v) is 1.05. The Hall–Kier alpha value is 0.430. The maximum Gasteiger partial charge on any atom is 1.00 e. The molecule has 42 valence electrons. The van der Waals surface area contributed by atoms with E-state index in [4.69, 9.17) is 9.22 Å². The van der Waals surface area contributed by atoms with E-state index in [0.29, 0.717) is 0 Å². The predicted octanol–water partition coefficient (Wildman–Crippen LogP) is -4.63. The number of hydrogen-bond acceptors (Lipinski definition) is 3. The van der Waals surface area contributed by atoms with Crippen LogP contribution in [0.15, 0.2) is 0 Å². The van der Waals surface area contributed by atoms with E-state index in [-0.39, 0.29) is 29.6 Å². The van der Waals surface area contributed by atoms with Crippen LogP contribution >= 0.6 is 0 Å². The Kier molecular flexibility index (Phi) is 3.64. The molecular weight excluding hydrogens is 119 g/mol. The molecule has 0 rings (SSSR count). The standard InChI is InChI=1S/C4H8O3.Na/c1-3(2-5)4(6)7;/h3,5H,2H2,1H3,(H,6,7);/q;+1/p-1/t3-;/m0./s1/i1D3;. The molecule has 0 unspecified atom stereocenters. The summed E-state index contributed by atoms with van der Waals surface area (Å²) in [5.74, 6) is -3.52. The van der Waals surface area contributed by atoms with E-state index in [0.717, 1.165) is 0 Å². The predicted molar refractivity (Wildman–Crippen MR) is 21.3 cm³/mol. The van der Waals surface area contributed by atoms with Crippen LogP contribution in [0.3, 0.4) is 0 Å². The third-order valence-electron chi connectivity index (χ3n) is 0.467. The smallest absolute Gasteiger partial charge is 0.550 e. The summed E-state index contributed by atoms with van der Waals surface area (Å²) in [7, 11) is 0. The average Bonchev–Trinajstić information content (AvgIpc) is 1.60. The van der Waals surface area contributed by atoms with E-state index in [1.54, 1.807) is 0 Å². The maximum atomic E-state index is 9.95. The normalized spacial score (nSPS) is 18.9. The first-order valence-corrected chi connectivity index (χ1v) is 1.71. The van der Waals surface area contributed by atoms with Gasteiger partial charge in [-0.3, -0.25) is 0 Å². The first-order chi connectivity index (χ1) is 4.39. The summed E-state index contributed by atoms with van der Waals surface area (Å²) in [6.07, 6.45) is 0. The summed E-state index contributed by atoms with van der Waals surface area (Å²) < 4.78 is 19.7. The number of carboxylic acids is 1. The molecule has 0 aliphatic carbocycles. The summed E-state index contributed by atoms with van der Waals surface area (Å²) in [5.41, 5.74) is 0. The van der Waals surface area contributed by atoms with Crippen molar-refractivity contribution in [1.29, 1.82) is 0 Å². The third-order valence-corrected chi connectivity index (χ3v) is 0.467. The Bertz CT molecular complexity index is 135. The van der Waals surface area contributed by atoms with Crippen LogP contribution in [0.5, 0.6) is 0 Å². The minimum Gasteiger partial charge on any atom is -0.550 e. The van der Waals surface area contributed by atoms with Crippen LogP contribution in [0.1, 0.15) is 11.0 Å². The zero-order valence-corrected chi connectivity index (χ0v) is 6.55. The van der Waals surface area contributed by atoms with E-state index in [9.17, 15) is 9.90 Å². The summed E-state index contributed by atoms with van der Waals surface area (Å²) in [6, 6.07) is 0. The van der Waals surface area contributed by atoms with Crippen molar-refractivity contribution in [1.82, 2.24) is 0 Å². The largest absolute Gasteiger partial charge is 1.00 e. The Labute approximate surface area is 74.2 Å². The molecule has 8 heavy (non-hydrogen) atoms. The molecule has 0 fully saturated rings. The zero-order chi connectivity index (χ0) is 8.36. The van der Waals surface area contributed by atoms with Gasteiger partial charge in [0, 0.05) is 16.0 Å². The molecule has 0 aromatic rings. The van der Waals surface area contributed by atoms with Crippen molar-refractivity contribution in [3.8, 4) is 0 Å². The van der Waals surface area contributed by atoms with E-state index < -0.39 is 25.3 Å². The maximum absolute atomic E-state index is 9.95.